The maximum Gasteiger partial charge on any atom is 0.410 e. The Kier molecular flexibility index (Phi) is 8.66. The zero-order valence-corrected chi connectivity index (χ0v) is 24.1. The molecule has 1 aromatic carbocycles. The number of ether oxygens (including phenoxy) is 1. The van der Waals surface area contributed by atoms with Crippen LogP contribution in [0.1, 0.15) is 99.0 Å². The van der Waals surface area contributed by atoms with E-state index in [0.717, 1.165) is 88.1 Å². The van der Waals surface area contributed by atoms with E-state index >= 15 is 0 Å². The molecular formula is C32H49N3O3. The SMILES string of the molecule is CCCCC1CN(CC2CCCC2)C(=O)OC12CCN(C1CCN(C(=O)c3c(C)cccc3C)CC1)CC2. The van der Waals surface area contributed by atoms with Crippen molar-refractivity contribution < 1.29 is 14.3 Å². The largest absolute Gasteiger partial charge is 0.442 e. The van der Waals surface area contributed by atoms with Crippen LogP contribution in [-0.4, -0.2) is 77.6 Å². The van der Waals surface area contributed by atoms with Gasteiger partial charge in [-0.3, -0.25) is 9.69 Å². The Morgan fingerprint density at radius 2 is 1.66 bits per heavy atom. The van der Waals surface area contributed by atoms with Gasteiger partial charge in [0.2, 0.25) is 0 Å². The van der Waals surface area contributed by atoms with Crippen molar-refractivity contribution in [3.05, 3.63) is 34.9 Å². The molecule has 1 atom stereocenters. The lowest BCUT2D eigenvalue weighted by atomic mass is 9.75. The molecule has 4 aliphatic rings. The molecule has 0 radical (unpaired) electrons. The molecule has 1 spiro atoms. The average molecular weight is 524 g/mol. The van der Waals surface area contributed by atoms with E-state index in [1.807, 2.05) is 32.0 Å². The summed E-state index contributed by atoms with van der Waals surface area (Å²) in [6.07, 6.45) is 12.6. The third kappa shape index (κ3) is 5.76. The van der Waals surface area contributed by atoms with E-state index in [-0.39, 0.29) is 17.6 Å². The molecule has 1 aliphatic carbocycles. The van der Waals surface area contributed by atoms with Crippen LogP contribution < -0.4 is 0 Å². The van der Waals surface area contributed by atoms with Crippen molar-refractivity contribution >= 4 is 12.0 Å². The minimum atomic E-state index is -0.284. The lowest BCUT2D eigenvalue weighted by Gasteiger charge is -2.52. The molecule has 1 unspecified atom stereocenters. The lowest BCUT2D eigenvalue weighted by molar-refractivity contribution is -0.127. The lowest BCUT2D eigenvalue weighted by Crippen LogP contribution is -2.61. The second-order valence-electron chi connectivity index (χ2n) is 12.7. The van der Waals surface area contributed by atoms with E-state index < -0.39 is 0 Å². The molecule has 4 fully saturated rings. The van der Waals surface area contributed by atoms with Crippen molar-refractivity contribution in [3.63, 3.8) is 0 Å². The first-order chi connectivity index (χ1) is 18.4. The summed E-state index contributed by atoms with van der Waals surface area (Å²) in [6.45, 7) is 11.7. The van der Waals surface area contributed by atoms with Crippen LogP contribution in [0.2, 0.25) is 0 Å². The normalized spacial score (nSPS) is 25.2. The van der Waals surface area contributed by atoms with E-state index in [4.69, 9.17) is 4.74 Å². The monoisotopic (exact) mass is 523 g/mol. The molecule has 38 heavy (non-hydrogen) atoms. The van der Waals surface area contributed by atoms with Crippen LogP contribution in [0.5, 0.6) is 0 Å². The molecule has 6 nitrogen and oxygen atoms in total. The summed E-state index contributed by atoms with van der Waals surface area (Å²) in [5, 5.41) is 0. The summed E-state index contributed by atoms with van der Waals surface area (Å²) in [7, 11) is 0. The summed E-state index contributed by atoms with van der Waals surface area (Å²) in [5.41, 5.74) is 2.73. The first kappa shape index (κ1) is 27.5. The molecule has 210 valence electrons. The Bertz CT molecular complexity index is 952. The van der Waals surface area contributed by atoms with E-state index in [1.165, 1.54) is 38.5 Å². The summed E-state index contributed by atoms with van der Waals surface area (Å²) in [6, 6.07) is 6.62. The quantitative estimate of drug-likeness (QED) is 0.428. The number of rotatable bonds is 7. The van der Waals surface area contributed by atoms with Crippen LogP contribution in [0, 0.1) is 25.7 Å². The summed E-state index contributed by atoms with van der Waals surface area (Å²) in [4.78, 5) is 33.2. The number of piperidine rings is 2. The van der Waals surface area contributed by atoms with E-state index in [0.29, 0.717) is 17.9 Å². The number of nitrogens with zero attached hydrogens (tertiary/aromatic N) is 3. The van der Waals surface area contributed by atoms with Gasteiger partial charge in [-0.15, -0.1) is 0 Å². The number of hydrogen-bond donors (Lipinski definition) is 0. The summed E-state index contributed by atoms with van der Waals surface area (Å²) >= 11 is 0. The van der Waals surface area contributed by atoms with Crippen LogP contribution in [0.15, 0.2) is 18.2 Å². The van der Waals surface area contributed by atoms with Gasteiger partial charge in [0.15, 0.2) is 0 Å². The third-order valence-corrected chi connectivity index (χ3v) is 10.2. The number of hydrogen-bond acceptors (Lipinski definition) is 4. The van der Waals surface area contributed by atoms with Gasteiger partial charge in [0, 0.05) is 69.6 Å². The third-order valence-electron chi connectivity index (χ3n) is 10.2. The number of benzene rings is 1. The minimum Gasteiger partial charge on any atom is -0.442 e. The molecule has 0 aromatic heterocycles. The topological polar surface area (TPSA) is 53.1 Å². The molecule has 0 bridgehead atoms. The molecule has 2 amide bonds. The smallest absolute Gasteiger partial charge is 0.410 e. The molecule has 1 saturated carbocycles. The van der Waals surface area contributed by atoms with Crippen molar-refractivity contribution in [1.82, 2.24) is 14.7 Å². The van der Waals surface area contributed by atoms with Gasteiger partial charge in [0.1, 0.15) is 5.60 Å². The van der Waals surface area contributed by atoms with Crippen molar-refractivity contribution in [2.45, 2.75) is 103 Å². The highest BCUT2D eigenvalue weighted by atomic mass is 16.6. The first-order valence-electron chi connectivity index (χ1n) is 15.5. The van der Waals surface area contributed by atoms with Crippen molar-refractivity contribution in [1.29, 1.82) is 0 Å². The zero-order valence-electron chi connectivity index (χ0n) is 24.1. The fourth-order valence-corrected chi connectivity index (χ4v) is 7.81. The van der Waals surface area contributed by atoms with Crippen LogP contribution in [0.4, 0.5) is 4.79 Å². The fraction of sp³-hybridized carbons (Fsp3) is 0.750. The van der Waals surface area contributed by atoms with Crippen LogP contribution >= 0.6 is 0 Å². The number of likely N-dealkylation sites (tertiary alicyclic amines) is 2. The molecule has 6 heteroatoms. The maximum absolute atomic E-state index is 13.3. The maximum atomic E-state index is 13.3. The summed E-state index contributed by atoms with van der Waals surface area (Å²) < 4.78 is 6.41. The zero-order chi connectivity index (χ0) is 26.7. The molecule has 5 rings (SSSR count). The Morgan fingerprint density at radius 3 is 2.29 bits per heavy atom. The minimum absolute atomic E-state index is 0.0589. The Balaban J connectivity index is 1.16. The van der Waals surface area contributed by atoms with Gasteiger partial charge in [-0.1, -0.05) is 50.8 Å². The van der Waals surface area contributed by atoms with Crippen molar-refractivity contribution in [2.75, 3.05) is 39.3 Å². The molecule has 3 saturated heterocycles. The van der Waals surface area contributed by atoms with Gasteiger partial charge >= 0.3 is 6.09 Å². The fourth-order valence-electron chi connectivity index (χ4n) is 7.81. The van der Waals surface area contributed by atoms with Gasteiger partial charge in [0.05, 0.1) is 0 Å². The molecule has 1 aromatic rings. The van der Waals surface area contributed by atoms with E-state index in [9.17, 15) is 9.59 Å². The van der Waals surface area contributed by atoms with Gasteiger partial charge < -0.3 is 14.5 Å². The molecule has 3 aliphatic heterocycles. The van der Waals surface area contributed by atoms with Gasteiger partial charge in [-0.05, 0) is 63.0 Å². The molecular weight excluding hydrogens is 474 g/mol. The predicted octanol–water partition coefficient (Wildman–Crippen LogP) is 6.19. The first-order valence-corrected chi connectivity index (χ1v) is 15.5. The summed E-state index contributed by atoms with van der Waals surface area (Å²) in [5.74, 6) is 1.30. The van der Waals surface area contributed by atoms with Crippen LogP contribution in [-0.2, 0) is 4.74 Å². The predicted molar refractivity (Wildman–Crippen MR) is 151 cm³/mol. The van der Waals surface area contributed by atoms with Crippen LogP contribution in [0.3, 0.4) is 0 Å². The Hall–Kier alpha value is -2.08. The van der Waals surface area contributed by atoms with Crippen molar-refractivity contribution in [3.8, 4) is 0 Å². The standard InChI is InChI=1S/C32H49N3O3/c1-4-5-13-27-23-35(22-26-11-6-7-12-26)31(37)38-32(27)16-20-33(21-17-32)28-14-18-34(19-15-28)30(36)29-24(2)9-8-10-25(29)3/h8-10,26-28H,4-7,11-23H2,1-3H3. The highest BCUT2D eigenvalue weighted by Gasteiger charge is 2.50. The van der Waals surface area contributed by atoms with Gasteiger partial charge in [-0.25, -0.2) is 4.79 Å². The van der Waals surface area contributed by atoms with Crippen molar-refractivity contribution in [2.24, 2.45) is 11.8 Å². The number of amides is 2. The molecule has 0 N–H and O–H groups in total. The number of aryl methyl sites for hydroxylation is 2. The molecule has 3 heterocycles. The van der Waals surface area contributed by atoms with Gasteiger partial charge in [-0.2, -0.15) is 0 Å². The average Bonchev–Trinajstić information content (AvgIpc) is 3.43. The number of unbranched alkanes of at least 4 members (excludes halogenated alkanes) is 1. The van der Waals surface area contributed by atoms with E-state index in [2.05, 4.69) is 21.6 Å². The highest BCUT2D eigenvalue weighted by Crippen LogP contribution is 2.42. The number of carbonyl (C=O) groups excluding carboxylic acids is 2. The highest BCUT2D eigenvalue weighted by molar-refractivity contribution is 5.97. The van der Waals surface area contributed by atoms with Gasteiger partial charge in [0.25, 0.3) is 5.91 Å². The second kappa shape index (κ2) is 12.0. The van der Waals surface area contributed by atoms with Crippen LogP contribution in [0.25, 0.3) is 0 Å². The second-order valence-corrected chi connectivity index (χ2v) is 12.7. The Morgan fingerprint density at radius 1 is 1.00 bits per heavy atom. The Labute approximate surface area is 230 Å². The number of carbonyl (C=O) groups is 2. The van der Waals surface area contributed by atoms with E-state index in [1.54, 1.807) is 0 Å².